The van der Waals surface area contributed by atoms with Crippen LogP contribution in [0.25, 0.3) is 0 Å². The van der Waals surface area contributed by atoms with Gasteiger partial charge in [0.2, 0.25) is 0 Å². The molecule has 0 aliphatic heterocycles. The summed E-state index contributed by atoms with van der Waals surface area (Å²) in [4.78, 5) is 0.0435. The number of nitrogens with two attached hydrogens (primary N) is 2. The molecule has 28 heavy (non-hydrogen) atoms. The van der Waals surface area contributed by atoms with E-state index in [1.807, 2.05) is 6.92 Å². The van der Waals surface area contributed by atoms with E-state index in [2.05, 4.69) is 5.10 Å². The van der Waals surface area contributed by atoms with E-state index in [1.54, 1.807) is 30.3 Å². The second kappa shape index (κ2) is 10.1. The van der Waals surface area contributed by atoms with Crippen LogP contribution in [-0.2, 0) is 10.1 Å². The molecule has 0 radical (unpaired) electrons. The van der Waals surface area contributed by atoms with Gasteiger partial charge in [-0.2, -0.15) is 8.42 Å². The first-order valence-corrected chi connectivity index (χ1v) is 9.17. The number of aryl methyl sites for hydroxylation is 1. The molecule has 152 valence electrons. The first kappa shape index (κ1) is 22.7. The Kier molecular flexibility index (Phi) is 8.23. The summed E-state index contributed by atoms with van der Waals surface area (Å²) in [5.74, 6) is 0.732. The minimum Gasteiger partial charge on any atom is -0.722 e. The van der Waals surface area contributed by atoms with Crippen LogP contribution in [0.2, 0.25) is 0 Å². The molecule has 0 amide bonds. The lowest BCUT2D eigenvalue weighted by molar-refractivity contribution is -0.463. The van der Waals surface area contributed by atoms with Crippen molar-refractivity contribution in [1.82, 2.24) is 0 Å². The summed E-state index contributed by atoms with van der Waals surface area (Å²) < 4.78 is 39.7. The molecule has 2 aromatic rings. The number of nitrogens with zero attached hydrogens (tertiary/aromatic N) is 2. The Labute approximate surface area is 163 Å². The maximum absolute atomic E-state index is 11.0. The molecule has 2 aromatic carbocycles. The predicted molar refractivity (Wildman–Crippen MR) is 105 cm³/mol. The van der Waals surface area contributed by atoms with Crippen molar-refractivity contribution in [3.05, 3.63) is 58.8 Å². The highest BCUT2D eigenvalue weighted by atomic mass is 32.2. The number of rotatable bonds is 5. The van der Waals surface area contributed by atoms with Gasteiger partial charge in [-0.1, -0.05) is 17.7 Å². The molecule has 0 saturated carbocycles. The molecule has 0 aliphatic rings. The van der Waals surface area contributed by atoms with Gasteiger partial charge in [0.1, 0.15) is 11.5 Å². The molecule has 0 bridgehead atoms. The van der Waals surface area contributed by atoms with Gasteiger partial charge in [-0.05, 0) is 37.3 Å². The van der Waals surface area contributed by atoms with Crippen LogP contribution in [0.1, 0.15) is 11.1 Å². The van der Waals surface area contributed by atoms with Gasteiger partial charge in [-0.3, -0.25) is 16.0 Å². The van der Waals surface area contributed by atoms with Crippen LogP contribution >= 0.6 is 0 Å². The zero-order valence-corrected chi connectivity index (χ0v) is 16.4. The molecule has 0 aliphatic carbocycles. The van der Waals surface area contributed by atoms with Crippen LogP contribution in [0.3, 0.4) is 0 Å². The number of guanidine groups is 1. The Hall–Kier alpha value is -3.31. The fourth-order valence-electron chi connectivity index (χ4n) is 1.83. The number of ether oxygens (including phenoxy) is 2. The van der Waals surface area contributed by atoms with Crippen molar-refractivity contribution in [1.29, 1.82) is 0 Å². The number of hydrogen-bond donors (Lipinski definition) is 3. The Bertz CT molecular complexity index is 952. The molecule has 0 fully saturated rings. The highest BCUT2D eigenvalue weighted by Crippen LogP contribution is 2.22. The molecule has 2 rings (SSSR count). The molecular formula is C17H22N4O6S. The Morgan fingerprint density at radius 2 is 1.75 bits per heavy atom. The molecule has 0 unspecified atom stereocenters. The van der Waals surface area contributed by atoms with Crippen molar-refractivity contribution in [3.63, 3.8) is 0 Å². The van der Waals surface area contributed by atoms with Crippen molar-refractivity contribution < 1.29 is 27.3 Å². The minimum atomic E-state index is -4.02. The molecule has 0 spiro atoms. The highest BCUT2D eigenvalue weighted by Gasteiger charge is 2.06. The average Bonchev–Trinajstić information content (AvgIpc) is 2.65. The van der Waals surface area contributed by atoms with Crippen LogP contribution < -0.4 is 20.9 Å². The van der Waals surface area contributed by atoms with Crippen molar-refractivity contribution in [3.8, 4) is 11.5 Å². The van der Waals surface area contributed by atoms with E-state index in [9.17, 15) is 13.6 Å². The van der Waals surface area contributed by atoms with E-state index >= 15 is 0 Å². The maximum Gasteiger partial charge on any atom is 0.366 e. The topological polar surface area (TPSA) is 163 Å². The van der Waals surface area contributed by atoms with E-state index in [0.29, 0.717) is 17.1 Å². The zero-order valence-electron chi connectivity index (χ0n) is 15.6. The maximum atomic E-state index is 11.0. The van der Waals surface area contributed by atoms with Gasteiger partial charge in [0, 0.05) is 5.56 Å². The Balaban J connectivity index is 0.000000307. The van der Waals surface area contributed by atoms with Crippen LogP contribution in [0.15, 0.2) is 52.5 Å². The van der Waals surface area contributed by atoms with E-state index in [1.165, 1.54) is 32.6 Å². The third kappa shape index (κ3) is 7.13. The van der Waals surface area contributed by atoms with Crippen molar-refractivity contribution >= 4 is 22.3 Å². The molecule has 0 saturated heterocycles. The first-order valence-electron chi connectivity index (χ1n) is 7.73. The molecular weight excluding hydrogens is 388 g/mol. The van der Waals surface area contributed by atoms with Gasteiger partial charge in [-0.25, -0.2) is 0 Å². The summed E-state index contributed by atoms with van der Waals surface area (Å²) in [7, 11) is -0.972. The highest BCUT2D eigenvalue weighted by molar-refractivity contribution is 7.85. The lowest BCUT2D eigenvalue weighted by Crippen LogP contribution is -2.30. The molecule has 10 nitrogen and oxygen atoms in total. The zero-order chi connectivity index (χ0) is 21.3. The van der Waals surface area contributed by atoms with E-state index in [4.69, 9.17) is 25.5 Å². The summed E-state index contributed by atoms with van der Waals surface area (Å²) >= 11 is 0. The summed E-state index contributed by atoms with van der Waals surface area (Å²) in [6.45, 7) is 1.84. The normalized spacial score (nSPS) is 10.7. The molecule has 0 aromatic heterocycles. The standard InChI is InChI=1S/C10H14N4O3.C7H8O3S/c1-16-8-3-4-9(17-2)7(5-8)6-13-14(15)10(11)12;1-6-2-4-7(5-3-6)11(8,9)10/h3-6H,11-12H2,1-2H3;2-5H,1H3,(H,8,9,10)/b13-6+;. The van der Waals surface area contributed by atoms with E-state index in [-0.39, 0.29) is 9.74 Å². The van der Waals surface area contributed by atoms with Crippen molar-refractivity contribution in [2.75, 3.05) is 14.2 Å². The monoisotopic (exact) mass is 410 g/mol. The fraction of sp³-hybridized carbons (Fsp3) is 0.176. The molecule has 0 atom stereocenters. The van der Waals surface area contributed by atoms with Gasteiger partial charge in [0.05, 0.1) is 25.3 Å². The smallest absolute Gasteiger partial charge is 0.366 e. The molecule has 11 heteroatoms. The third-order valence-corrected chi connectivity index (χ3v) is 4.15. The Morgan fingerprint density at radius 1 is 1.14 bits per heavy atom. The van der Waals surface area contributed by atoms with E-state index in [0.717, 1.165) is 5.56 Å². The summed E-state index contributed by atoms with van der Waals surface area (Å²) in [5.41, 5.74) is 11.7. The number of benzene rings is 2. The van der Waals surface area contributed by atoms with Gasteiger partial charge in [-0.15, -0.1) is 9.95 Å². The van der Waals surface area contributed by atoms with Gasteiger partial charge < -0.3 is 14.7 Å². The van der Waals surface area contributed by atoms with Gasteiger partial charge in [0.15, 0.2) is 0 Å². The van der Waals surface area contributed by atoms with E-state index < -0.39 is 16.1 Å². The van der Waals surface area contributed by atoms with Crippen LogP contribution in [0, 0.1) is 12.1 Å². The van der Waals surface area contributed by atoms with Gasteiger partial charge in [0.25, 0.3) is 10.1 Å². The molecule has 0 heterocycles. The van der Waals surface area contributed by atoms with Gasteiger partial charge >= 0.3 is 5.96 Å². The minimum absolute atomic E-state index is 0.0666. The van der Waals surface area contributed by atoms with Crippen molar-refractivity contribution in [2.45, 2.75) is 11.8 Å². The Morgan fingerprint density at radius 3 is 2.21 bits per heavy atom. The van der Waals surface area contributed by atoms with Crippen LogP contribution in [0.4, 0.5) is 0 Å². The first-order chi connectivity index (χ1) is 13.1. The lowest BCUT2D eigenvalue weighted by Gasteiger charge is -2.07. The predicted octanol–water partition coefficient (Wildman–Crippen LogP) is 1.06. The number of hydrogen-bond acceptors (Lipinski definition) is 6. The second-order valence-corrected chi connectivity index (χ2v) is 6.76. The second-order valence-electron chi connectivity index (χ2n) is 5.34. The largest absolute Gasteiger partial charge is 0.722 e. The SMILES string of the molecule is COc1ccc(OC)c(/C=N/[N+]([O-])=C(N)N)c1.Cc1ccc(S(=O)(=O)O)cc1. The summed E-state index contributed by atoms with van der Waals surface area (Å²) in [6.07, 6.45) is 1.29. The molecule has 5 N–H and O–H groups in total. The number of methoxy groups -OCH3 is 2. The van der Waals surface area contributed by atoms with Crippen molar-refractivity contribution in [2.24, 2.45) is 16.6 Å². The summed E-state index contributed by atoms with van der Waals surface area (Å²) in [6, 6.07) is 11.1. The number of hydrazone groups is 1. The van der Waals surface area contributed by atoms with Crippen LogP contribution in [0.5, 0.6) is 11.5 Å². The third-order valence-electron chi connectivity index (χ3n) is 3.28. The fourth-order valence-corrected chi connectivity index (χ4v) is 2.31. The summed E-state index contributed by atoms with van der Waals surface area (Å²) in [5, 5.41) is 14.5. The quantitative estimate of drug-likeness (QED) is 0.164. The van der Waals surface area contributed by atoms with Crippen LogP contribution in [-0.4, -0.2) is 44.2 Å². The lowest BCUT2D eigenvalue weighted by atomic mass is 10.2. The average molecular weight is 410 g/mol.